The van der Waals surface area contributed by atoms with E-state index in [1.165, 1.54) is 12.8 Å². The summed E-state index contributed by atoms with van der Waals surface area (Å²) >= 11 is 0. The maximum atomic E-state index is 2.44. The zero-order valence-electron chi connectivity index (χ0n) is 6.27. The largest absolute Gasteiger partial charge is 0.0622 e. The molecule has 2 bridgehead atoms. The second kappa shape index (κ2) is 2.00. The SMILES string of the molecule is C[C@@H]1CC[C@@H]2CC[C@H]1C2. The number of fused-ring (bicyclic) bond motifs is 2. The lowest BCUT2D eigenvalue weighted by atomic mass is 9.81. The molecule has 0 aromatic rings. The number of hydrogen-bond donors (Lipinski definition) is 0. The van der Waals surface area contributed by atoms with Crippen LogP contribution in [0.5, 0.6) is 0 Å². The first-order valence-electron chi connectivity index (χ1n) is 4.36. The molecule has 0 amide bonds. The molecule has 3 atom stereocenters. The molecule has 9 heavy (non-hydrogen) atoms. The zero-order chi connectivity index (χ0) is 6.27. The van der Waals surface area contributed by atoms with E-state index in [0.29, 0.717) is 0 Å². The van der Waals surface area contributed by atoms with E-state index in [4.69, 9.17) is 0 Å². The van der Waals surface area contributed by atoms with Gasteiger partial charge in [-0.1, -0.05) is 26.2 Å². The molecular formula is C9H16. The van der Waals surface area contributed by atoms with Crippen LogP contribution in [-0.4, -0.2) is 0 Å². The van der Waals surface area contributed by atoms with Crippen LogP contribution in [-0.2, 0) is 0 Å². The summed E-state index contributed by atoms with van der Waals surface area (Å²) in [5.74, 6) is 3.33. The summed E-state index contributed by atoms with van der Waals surface area (Å²) in [5, 5.41) is 0. The van der Waals surface area contributed by atoms with Gasteiger partial charge in [0.1, 0.15) is 0 Å². The Morgan fingerprint density at radius 1 is 1.00 bits per heavy atom. The van der Waals surface area contributed by atoms with Gasteiger partial charge in [-0.3, -0.25) is 0 Å². The van der Waals surface area contributed by atoms with Crippen molar-refractivity contribution >= 4 is 0 Å². The summed E-state index contributed by atoms with van der Waals surface area (Å²) in [6, 6.07) is 0. The van der Waals surface area contributed by atoms with Gasteiger partial charge < -0.3 is 0 Å². The summed E-state index contributed by atoms with van der Waals surface area (Å²) in [6.45, 7) is 2.44. The average molecular weight is 124 g/mol. The third kappa shape index (κ3) is 0.889. The van der Waals surface area contributed by atoms with Crippen molar-refractivity contribution in [3.8, 4) is 0 Å². The Labute approximate surface area is 57.6 Å². The van der Waals surface area contributed by atoms with Crippen molar-refractivity contribution in [2.45, 2.75) is 39.0 Å². The van der Waals surface area contributed by atoms with Crippen molar-refractivity contribution in [3.05, 3.63) is 0 Å². The van der Waals surface area contributed by atoms with Crippen LogP contribution < -0.4 is 0 Å². The number of rotatable bonds is 0. The summed E-state index contributed by atoms with van der Waals surface area (Å²) < 4.78 is 0. The highest BCUT2D eigenvalue weighted by atomic mass is 14.4. The summed E-state index contributed by atoms with van der Waals surface area (Å²) in [6.07, 6.45) is 7.73. The Bertz CT molecular complexity index is 107. The van der Waals surface area contributed by atoms with Crippen molar-refractivity contribution < 1.29 is 0 Å². The molecule has 2 fully saturated rings. The molecule has 0 aliphatic heterocycles. The fourth-order valence-corrected chi connectivity index (χ4v) is 2.63. The van der Waals surface area contributed by atoms with Crippen LogP contribution in [0.15, 0.2) is 0 Å². The maximum Gasteiger partial charge on any atom is -0.0386 e. The van der Waals surface area contributed by atoms with E-state index in [9.17, 15) is 0 Å². The van der Waals surface area contributed by atoms with Crippen molar-refractivity contribution in [2.24, 2.45) is 17.8 Å². The van der Waals surface area contributed by atoms with Gasteiger partial charge in [0.15, 0.2) is 0 Å². The van der Waals surface area contributed by atoms with Crippen LogP contribution in [0.4, 0.5) is 0 Å². The Kier molecular flexibility index (Phi) is 1.28. The predicted octanol–water partition coefficient (Wildman–Crippen LogP) is 2.83. The molecule has 2 saturated carbocycles. The zero-order valence-corrected chi connectivity index (χ0v) is 6.27. The highest BCUT2D eigenvalue weighted by Gasteiger charge is 2.32. The van der Waals surface area contributed by atoms with Crippen LogP contribution in [0.2, 0.25) is 0 Å². The van der Waals surface area contributed by atoms with E-state index in [1.54, 1.807) is 19.3 Å². The first-order chi connectivity index (χ1) is 4.36. The lowest BCUT2D eigenvalue weighted by Gasteiger charge is -2.24. The van der Waals surface area contributed by atoms with Gasteiger partial charge >= 0.3 is 0 Å². The van der Waals surface area contributed by atoms with E-state index in [1.807, 2.05) is 0 Å². The van der Waals surface area contributed by atoms with Crippen LogP contribution in [0, 0.1) is 17.8 Å². The summed E-state index contributed by atoms with van der Waals surface area (Å²) in [7, 11) is 0. The molecule has 0 saturated heterocycles. The smallest absolute Gasteiger partial charge is 0.0386 e. The molecule has 0 N–H and O–H groups in total. The highest BCUT2D eigenvalue weighted by Crippen LogP contribution is 2.44. The normalized spacial score (nSPS) is 49.7. The van der Waals surface area contributed by atoms with Gasteiger partial charge in [-0.05, 0) is 30.6 Å². The topological polar surface area (TPSA) is 0 Å². The Hall–Kier alpha value is 0. The second-order valence-electron chi connectivity index (χ2n) is 3.99. The predicted molar refractivity (Wildman–Crippen MR) is 39.2 cm³/mol. The van der Waals surface area contributed by atoms with E-state index in [-0.39, 0.29) is 0 Å². The molecule has 0 unspecified atom stereocenters. The maximum absolute atomic E-state index is 2.44. The third-order valence-electron chi connectivity index (χ3n) is 3.42. The molecular weight excluding hydrogens is 108 g/mol. The van der Waals surface area contributed by atoms with Gasteiger partial charge in [0.2, 0.25) is 0 Å². The quantitative estimate of drug-likeness (QED) is 0.466. The molecule has 2 rings (SSSR count). The number of hydrogen-bond acceptors (Lipinski definition) is 0. The van der Waals surface area contributed by atoms with Crippen LogP contribution >= 0.6 is 0 Å². The fraction of sp³-hybridized carbons (Fsp3) is 1.00. The molecule has 2 aliphatic carbocycles. The summed E-state index contributed by atoms with van der Waals surface area (Å²) in [5.41, 5.74) is 0. The van der Waals surface area contributed by atoms with Gasteiger partial charge in [-0.15, -0.1) is 0 Å². The van der Waals surface area contributed by atoms with E-state index in [0.717, 1.165) is 17.8 Å². The Morgan fingerprint density at radius 2 is 1.78 bits per heavy atom. The van der Waals surface area contributed by atoms with Gasteiger partial charge in [-0.2, -0.15) is 0 Å². The van der Waals surface area contributed by atoms with Gasteiger partial charge in [0, 0.05) is 0 Å². The highest BCUT2D eigenvalue weighted by molar-refractivity contribution is 4.84. The van der Waals surface area contributed by atoms with Crippen LogP contribution in [0.1, 0.15) is 39.0 Å². The van der Waals surface area contributed by atoms with Crippen molar-refractivity contribution in [3.63, 3.8) is 0 Å². The van der Waals surface area contributed by atoms with Gasteiger partial charge in [0.05, 0.1) is 0 Å². The van der Waals surface area contributed by atoms with Gasteiger partial charge in [-0.25, -0.2) is 0 Å². The molecule has 0 heterocycles. The van der Waals surface area contributed by atoms with Crippen LogP contribution in [0.3, 0.4) is 0 Å². The molecule has 2 aliphatic rings. The lowest BCUT2D eigenvalue weighted by molar-refractivity contribution is 0.265. The average Bonchev–Trinajstić information content (AvgIpc) is 2.25. The van der Waals surface area contributed by atoms with Crippen molar-refractivity contribution in [2.75, 3.05) is 0 Å². The molecule has 0 spiro atoms. The molecule has 0 aromatic heterocycles. The first kappa shape index (κ1) is 5.76. The van der Waals surface area contributed by atoms with Crippen molar-refractivity contribution in [1.82, 2.24) is 0 Å². The first-order valence-corrected chi connectivity index (χ1v) is 4.36. The standard InChI is InChI=1S/C9H16/c1-7-2-3-8-4-5-9(7)6-8/h7-9H,2-6H2,1H3/t7-,8-,9+/m1/s1. The van der Waals surface area contributed by atoms with E-state index < -0.39 is 0 Å². The molecule has 0 nitrogen and oxygen atoms in total. The molecule has 0 heteroatoms. The lowest BCUT2D eigenvalue weighted by Crippen LogP contribution is -2.14. The Morgan fingerprint density at radius 3 is 2.56 bits per heavy atom. The van der Waals surface area contributed by atoms with E-state index in [2.05, 4.69) is 6.92 Å². The minimum atomic E-state index is 1.06. The third-order valence-corrected chi connectivity index (χ3v) is 3.42. The summed E-state index contributed by atoms with van der Waals surface area (Å²) in [4.78, 5) is 0. The molecule has 0 radical (unpaired) electrons. The monoisotopic (exact) mass is 124 g/mol. The minimum absolute atomic E-state index is 1.06. The molecule has 0 aromatic carbocycles. The second-order valence-corrected chi connectivity index (χ2v) is 3.99. The van der Waals surface area contributed by atoms with Gasteiger partial charge in [0.25, 0.3) is 0 Å². The van der Waals surface area contributed by atoms with Crippen LogP contribution in [0.25, 0.3) is 0 Å². The van der Waals surface area contributed by atoms with E-state index >= 15 is 0 Å². The minimum Gasteiger partial charge on any atom is -0.0622 e. The van der Waals surface area contributed by atoms with Crippen molar-refractivity contribution in [1.29, 1.82) is 0 Å². The Balaban J connectivity index is 2.05. The molecule has 52 valence electrons. The fourth-order valence-electron chi connectivity index (χ4n) is 2.63.